The lowest BCUT2D eigenvalue weighted by atomic mass is 10.4. The van der Waals surface area contributed by atoms with E-state index in [2.05, 4.69) is 15.3 Å². The number of thiophene rings is 1. The molecule has 0 spiro atoms. The standard InChI is InChI=1S/C18H14N6O4S/c1-22-16(25)15-12(5-8-29-15)24-14(20-21-18(22)24)10-27-17(26)13-4-3-11(28-13)9-23-7-2-6-19-23/h2-8H,9-10H2,1H3. The van der Waals surface area contributed by atoms with Gasteiger partial charge in [-0.1, -0.05) is 0 Å². The Kier molecular flexibility index (Phi) is 4.02. The van der Waals surface area contributed by atoms with Gasteiger partial charge in [0.2, 0.25) is 11.5 Å². The van der Waals surface area contributed by atoms with Gasteiger partial charge in [0.15, 0.2) is 12.4 Å². The molecule has 5 rings (SSSR count). The van der Waals surface area contributed by atoms with Gasteiger partial charge in [-0.25, -0.2) is 4.79 Å². The van der Waals surface area contributed by atoms with Crippen LogP contribution in [-0.2, 0) is 24.9 Å². The second-order valence-electron chi connectivity index (χ2n) is 6.30. The summed E-state index contributed by atoms with van der Waals surface area (Å²) in [5.41, 5.74) is 0.544. The van der Waals surface area contributed by atoms with E-state index in [1.54, 1.807) is 46.7 Å². The van der Waals surface area contributed by atoms with E-state index < -0.39 is 5.97 Å². The van der Waals surface area contributed by atoms with Crippen LogP contribution in [0.25, 0.3) is 16.0 Å². The van der Waals surface area contributed by atoms with Crippen molar-refractivity contribution in [3.63, 3.8) is 0 Å². The molecule has 0 aliphatic carbocycles. The molecule has 5 aromatic heterocycles. The second-order valence-corrected chi connectivity index (χ2v) is 7.21. The molecule has 0 unspecified atom stereocenters. The van der Waals surface area contributed by atoms with E-state index in [0.717, 1.165) is 0 Å². The molecule has 11 heteroatoms. The zero-order valence-electron chi connectivity index (χ0n) is 15.2. The van der Waals surface area contributed by atoms with Crippen molar-refractivity contribution in [1.82, 2.24) is 28.9 Å². The zero-order valence-corrected chi connectivity index (χ0v) is 16.0. The largest absolute Gasteiger partial charge is 0.452 e. The molecule has 0 aromatic carbocycles. The summed E-state index contributed by atoms with van der Waals surface area (Å²) in [5.74, 6) is 0.861. The highest BCUT2D eigenvalue weighted by molar-refractivity contribution is 7.17. The predicted molar refractivity (Wildman–Crippen MR) is 103 cm³/mol. The molecule has 0 radical (unpaired) electrons. The lowest BCUT2D eigenvalue weighted by Gasteiger charge is -2.05. The molecule has 29 heavy (non-hydrogen) atoms. The Morgan fingerprint density at radius 2 is 2.17 bits per heavy atom. The third-order valence-electron chi connectivity index (χ3n) is 4.47. The summed E-state index contributed by atoms with van der Waals surface area (Å²) in [6.07, 6.45) is 3.47. The van der Waals surface area contributed by atoms with Gasteiger partial charge in [0.1, 0.15) is 10.5 Å². The highest BCUT2D eigenvalue weighted by Gasteiger charge is 2.18. The number of ether oxygens (including phenoxy) is 1. The predicted octanol–water partition coefficient (Wildman–Crippen LogP) is 1.84. The fourth-order valence-corrected chi connectivity index (χ4v) is 3.92. The van der Waals surface area contributed by atoms with Crippen molar-refractivity contribution in [3.8, 4) is 0 Å². The van der Waals surface area contributed by atoms with Crippen LogP contribution in [0, 0.1) is 0 Å². The van der Waals surface area contributed by atoms with Crippen LogP contribution in [0.2, 0.25) is 0 Å². The number of rotatable bonds is 5. The Balaban J connectivity index is 1.38. The van der Waals surface area contributed by atoms with Gasteiger partial charge in [0.05, 0.1) is 12.1 Å². The highest BCUT2D eigenvalue weighted by Crippen LogP contribution is 2.20. The van der Waals surface area contributed by atoms with Crippen LogP contribution in [0.15, 0.2) is 51.3 Å². The number of nitrogens with zero attached hydrogens (tertiary/aromatic N) is 6. The Labute approximate surface area is 166 Å². The van der Waals surface area contributed by atoms with Crippen LogP contribution in [0.1, 0.15) is 22.1 Å². The molecule has 5 heterocycles. The molecule has 0 saturated heterocycles. The van der Waals surface area contributed by atoms with Gasteiger partial charge < -0.3 is 9.15 Å². The molecule has 0 fully saturated rings. The van der Waals surface area contributed by atoms with Gasteiger partial charge in [-0.05, 0) is 29.6 Å². The molecule has 146 valence electrons. The quantitative estimate of drug-likeness (QED) is 0.407. The first-order chi connectivity index (χ1) is 14.1. The van der Waals surface area contributed by atoms with Gasteiger partial charge in [-0.3, -0.25) is 18.4 Å². The molecule has 0 N–H and O–H groups in total. The lowest BCUT2D eigenvalue weighted by Crippen LogP contribution is -2.19. The van der Waals surface area contributed by atoms with E-state index in [4.69, 9.17) is 9.15 Å². The molecule has 0 aliphatic heterocycles. The van der Waals surface area contributed by atoms with Crippen molar-refractivity contribution >= 4 is 33.3 Å². The van der Waals surface area contributed by atoms with E-state index in [-0.39, 0.29) is 17.9 Å². The van der Waals surface area contributed by atoms with E-state index in [1.807, 2.05) is 11.4 Å². The molecule has 10 nitrogen and oxygen atoms in total. The maximum Gasteiger partial charge on any atom is 0.374 e. The summed E-state index contributed by atoms with van der Waals surface area (Å²) < 4.78 is 16.3. The van der Waals surface area contributed by atoms with E-state index in [9.17, 15) is 9.59 Å². The third kappa shape index (κ3) is 2.91. The van der Waals surface area contributed by atoms with Crippen LogP contribution in [0.5, 0.6) is 0 Å². The highest BCUT2D eigenvalue weighted by atomic mass is 32.1. The molecule has 0 bridgehead atoms. The number of esters is 1. The Morgan fingerprint density at radius 1 is 1.28 bits per heavy atom. The average molecular weight is 410 g/mol. The first kappa shape index (κ1) is 17.4. The Hall–Kier alpha value is -3.73. The second kappa shape index (κ2) is 6.71. The number of carbonyl (C=O) groups is 1. The van der Waals surface area contributed by atoms with Crippen molar-refractivity contribution in [3.05, 3.63) is 69.7 Å². The molecule has 0 atom stereocenters. The molecule has 0 amide bonds. The van der Waals surface area contributed by atoms with Crippen LogP contribution >= 0.6 is 11.3 Å². The summed E-state index contributed by atoms with van der Waals surface area (Å²) in [6.45, 7) is 0.303. The van der Waals surface area contributed by atoms with Crippen LogP contribution in [-0.4, -0.2) is 34.9 Å². The molecular formula is C18H14N6O4S. The first-order valence-electron chi connectivity index (χ1n) is 8.65. The number of hydrogen-bond donors (Lipinski definition) is 0. The van der Waals surface area contributed by atoms with Crippen molar-refractivity contribution in [1.29, 1.82) is 0 Å². The number of fused-ring (bicyclic) bond motifs is 3. The summed E-state index contributed by atoms with van der Waals surface area (Å²) in [7, 11) is 1.63. The summed E-state index contributed by atoms with van der Waals surface area (Å²) in [4.78, 5) is 24.7. The van der Waals surface area contributed by atoms with Gasteiger partial charge in [0, 0.05) is 19.4 Å². The van der Waals surface area contributed by atoms with Crippen LogP contribution in [0.3, 0.4) is 0 Å². The number of hydrogen-bond acceptors (Lipinski definition) is 8. The first-order valence-corrected chi connectivity index (χ1v) is 9.53. The van der Waals surface area contributed by atoms with Crippen molar-refractivity contribution in [2.24, 2.45) is 7.05 Å². The van der Waals surface area contributed by atoms with Crippen LogP contribution < -0.4 is 5.56 Å². The van der Waals surface area contributed by atoms with Gasteiger partial charge >= 0.3 is 5.97 Å². The number of furan rings is 1. The fraction of sp³-hybridized carbons (Fsp3) is 0.167. The minimum Gasteiger partial charge on any atom is -0.452 e. The summed E-state index contributed by atoms with van der Waals surface area (Å²) >= 11 is 1.34. The monoisotopic (exact) mass is 410 g/mol. The molecule has 0 saturated carbocycles. The molecular weight excluding hydrogens is 396 g/mol. The maximum atomic E-state index is 12.4. The molecule has 0 aliphatic rings. The number of aromatic nitrogens is 6. The Morgan fingerprint density at radius 3 is 3.00 bits per heavy atom. The summed E-state index contributed by atoms with van der Waals surface area (Å²) in [5, 5.41) is 14.1. The number of aryl methyl sites for hydroxylation is 1. The third-order valence-corrected chi connectivity index (χ3v) is 5.36. The average Bonchev–Trinajstić information content (AvgIpc) is 3.51. The fourth-order valence-electron chi connectivity index (χ4n) is 3.07. The van der Waals surface area contributed by atoms with Crippen molar-refractivity contribution < 1.29 is 13.9 Å². The van der Waals surface area contributed by atoms with Gasteiger partial charge in [0.25, 0.3) is 5.56 Å². The SMILES string of the molecule is Cn1c(=O)c2sccc2n2c(COC(=O)c3ccc(Cn4cccn4)o3)nnc12. The minimum absolute atomic E-state index is 0.0917. The number of carbonyl (C=O) groups excluding carboxylic acids is 1. The zero-order chi connectivity index (χ0) is 20.0. The van der Waals surface area contributed by atoms with Crippen LogP contribution in [0.4, 0.5) is 0 Å². The lowest BCUT2D eigenvalue weighted by molar-refractivity contribution is 0.0422. The molecule has 5 aromatic rings. The van der Waals surface area contributed by atoms with E-state index >= 15 is 0 Å². The Bertz CT molecular complexity index is 1390. The topological polar surface area (TPSA) is 109 Å². The summed E-state index contributed by atoms with van der Waals surface area (Å²) in [6, 6.07) is 6.89. The smallest absolute Gasteiger partial charge is 0.374 e. The van der Waals surface area contributed by atoms with E-state index in [0.29, 0.717) is 34.1 Å². The van der Waals surface area contributed by atoms with Crippen molar-refractivity contribution in [2.75, 3.05) is 0 Å². The minimum atomic E-state index is -0.611. The van der Waals surface area contributed by atoms with Gasteiger partial charge in [-0.15, -0.1) is 21.5 Å². The van der Waals surface area contributed by atoms with Crippen molar-refractivity contribution in [2.45, 2.75) is 13.2 Å². The van der Waals surface area contributed by atoms with E-state index in [1.165, 1.54) is 15.9 Å². The maximum absolute atomic E-state index is 12.4. The normalized spacial score (nSPS) is 11.5. The van der Waals surface area contributed by atoms with Gasteiger partial charge in [-0.2, -0.15) is 5.10 Å².